The van der Waals surface area contributed by atoms with Crippen molar-refractivity contribution in [1.29, 1.82) is 0 Å². The minimum absolute atomic E-state index is 0.413. The van der Waals surface area contributed by atoms with Gasteiger partial charge in [0.15, 0.2) is 0 Å². The monoisotopic (exact) mass is 453 g/mol. The van der Waals surface area contributed by atoms with Crippen molar-refractivity contribution in [2.24, 2.45) is 0 Å². The third-order valence-electron chi connectivity index (χ3n) is 7.61. The van der Waals surface area contributed by atoms with E-state index in [1.54, 1.807) is 0 Å². The van der Waals surface area contributed by atoms with E-state index in [0.717, 1.165) is 13.1 Å². The molecule has 0 bridgehead atoms. The second-order valence-electron chi connectivity index (χ2n) is 10.0. The third-order valence-corrected chi connectivity index (χ3v) is 7.61. The van der Waals surface area contributed by atoms with Gasteiger partial charge in [-0.3, -0.25) is 14.8 Å². The number of unbranched alkanes of at least 4 members (excludes halogenated alkanes) is 2. The third kappa shape index (κ3) is 5.26. The maximum atomic E-state index is 5.37. The molecule has 6 atom stereocenters. The van der Waals surface area contributed by atoms with E-state index in [2.05, 4.69) is 103 Å². The molecule has 2 aliphatic heterocycles. The van der Waals surface area contributed by atoms with Crippen LogP contribution < -0.4 is 0 Å². The second kappa shape index (κ2) is 10.8. The van der Waals surface area contributed by atoms with Crippen LogP contribution in [0, 0.1) is 0 Å². The predicted molar refractivity (Wildman–Crippen MR) is 141 cm³/mol. The van der Waals surface area contributed by atoms with E-state index < -0.39 is 0 Å². The van der Waals surface area contributed by atoms with E-state index >= 15 is 0 Å². The Morgan fingerprint density at radius 1 is 0.647 bits per heavy atom. The van der Waals surface area contributed by atoms with Crippen LogP contribution in [-0.4, -0.2) is 27.9 Å². The highest BCUT2D eigenvalue weighted by atomic mass is 15.3. The molecule has 2 unspecified atom stereocenters. The number of benzene rings is 2. The van der Waals surface area contributed by atoms with Gasteiger partial charge in [0.2, 0.25) is 0 Å². The first-order chi connectivity index (χ1) is 16.8. The Bertz CT molecular complexity index is 954. The van der Waals surface area contributed by atoms with Crippen LogP contribution in [0.2, 0.25) is 0 Å². The Hall–Kier alpha value is -2.49. The first-order valence-corrected chi connectivity index (χ1v) is 13.4. The van der Waals surface area contributed by atoms with Gasteiger partial charge < -0.3 is 0 Å². The zero-order valence-electron chi connectivity index (χ0n) is 20.8. The molecule has 0 amide bonds. The molecule has 3 nitrogen and oxygen atoms in total. The van der Waals surface area contributed by atoms with Crippen LogP contribution in [-0.2, 0) is 0 Å². The van der Waals surface area contributed by atoms with Gasteiger partial charge in [0.05, 0.1) is 23.5 Å². The van der Waals surface area contributed by atoms with E-state index in [1.807, 2.05) is 0 Å². The van der Waals surface area contributed by atoms with Crippen molar-refractivity contribution in [3.63, 3.8) is 0 Å². The van der Waals surface area contributed by atoms with Gasteiger partial charge in [0.1, 0.15) is 0 Å². The largest absolute Gasteiger partial charge is 0.285 e. The molecule has 178 valence electrons. The topological polar surface area (TPSA) is 18.9 Å². The second-order valence-corrected chi connectivity index (χ2v) is 10.0. The average molecular weight is 454 g/mol. The first kappa shape index (κ1) is 23.3. The van der Waals surface area contributed by atoms with E-state index in [1.165, 1.54) is 61.0 Å². The van der Waals surface area contributed by atoms with Gasteiger partial charge >= 0.3 is 0 Å². The lowest BCUT2D eigenvalue weighted by Crippen LogP contribution is -2.17. The fourth-order valence-electron chi connectivity index (χ4n) is 5.54. The zero-order chi connectivity index (χ0) is 23.3. The summed E-state index contributed by atoms with van der Waals surface area (Å²) in [6.07, 6.45) is 7.32. The van der Waals surface area contributed by atoms with E-state index in [0.29, 0.717) is 24.2 Å². The molecular weight excluding hydrogens is 414 g/mol. The Morgan fingerprint density at radius 2 is 1.09 bits per heavy atom. The standard InChI is InChI=1S/C31H39N3/c1-3-5-20-28(33-22-30(33)24-14-9-7-10-15-24)26-18-13-19-27(32-26)29(21-6-4-2)34-23-31(34)25-16-11-8-12-17-25/h7-19,28-31H,3-6,20-23H2,1-2H3/t28-,29-,30+,31+,33?,34?/m0/s1. The highest BCUT2D eigenvalue weighted by Crippen LogP contribution is 2.46. The van der Waals surface area contributed by atoms with Gasteiger partial charge in [0.25, 0.3) is 0 Å². The summed E-state index contributed by atoms with van der Waals surface area (Å²) in [5.41, 5.74) is 5.42. The van der Waals surface area contributed by atoms with Crippen LogP contribution in [0.1, 0.15) is 99.1 Å². The summed E-state index contributed by atoms with van der Waals surface area (Å²) < 4.78 is 0. The van der Waals surface area contributed by atoms with Crippen molar-refractivity contribution >= 4 is 0 Å². The van der Waals surface area contributed by atoms with Crippen LogP contribution >= 0.6 is 0 Å². The molecule has 0 aliphatic carbocycles. The maximum Gasteiger partial charge on any atom is 0.0579 e. The minimum atomic E-state index is 0.413. The molecule has 5 rings (SSSR count). The summed E-state index contributed by atoms with van der Waals surface area (Å²) >= 11 is 0. The number of hydrogen-bond donors (Lipinski definition) is 0. The Kier molecular flexibility index (Phi) is 7.42. The lowest BCUT2D eigenvalue weighted by molar-refractivity contribution is 0.328. The van der Waals surface area contributed by atoms with Crippen LogP contribution in [0.5, 0.6) is 0 Å². The maximum absolute atomic E-state index is 5.37. The molecule has 0 N–H and O–H groups in total. The molecular formula is C31H39N3. The molecule has 3 heteroatoms. The molecule has 2 aliphatic rings. The fraction of sp³-hybridized carbons (Fsp3) is 0.452. The molecule has 0 spiro atoms. The fourth-order valence-corrected chi connectivity index (χ4v) is 5.54. The molecule has 3 heterocycles. The highest BCUT2D eigenvalue weighted by Gasteiger charge is 2.43. The summed E-state index contributed by atoms with van der Waals surface area (Å²) in [5.74, 6) is 0. The van der Waals surface area contributed by atoms with Crippen LogP contribution in [0.4, 0.5) is 0 Å². The summed E-state index contributed by atoms with van der Waals surface area (Å²) in [5, 5.41) is 0. The first-order valence-electron chi connectivity index (χ1n) is 13.4. The average Bonchev–Trinajstić information content (AvgIpc) is 3.82. The van der Waals surface area contributed by atoms with Crippen molar-refractivity contribution < 1.29 is 0 Å². The summed E-state index contributed by atoms with van der Waals surface area (Å²) in [4.78, 5) is 10.7. The van der Waals surface area contributed by atoms with Crippen LogP contribution in [0.25, 0.3) is 0 Å². The van der Waals surface area contributed by atoms with Crippen LogP contribution in [0.15, 0.2) is 78.9 Å². The van der Waals surface area contributed by atoms with Crippen molar-refractivity contribution in [1.82, 2.24) is 14.8 Å². The van der Waals surface area contributed by atoms with E-state index in [9.17, 15) is 0 Å². The van der Waals surface area contributed by atoms with E-state index in [4.69, 9.17) is 4.98 Å². The predicted octanol–water partition coefficient (Wildman–Crippen LogP) is 7.66. The SMILES string of the molecule is CCCC[C@@H](c1cccc([C@H](CCCC)N2C[C@@H]2c2ccccc2)n1)N1C[C@@H]1c1ccccc1. The summed E-state index contributed by atoms with van der Waals surface area (Å²) in [6.45, 7) is 6.88. The highest BCUT2D eigenvalue weighted by molar-refractivity contribution is 5.29. The Labute approximate surface area is 205 Å². The Morgan fingerprint density at radius 3 is 1.50 bits per heavy atom. The number of rotatable bonds is 12. The smallest absolute Gasteiger partial charge is 0.0579 e. The van der Waals surface area contributed by atoms with Crippen molar-refractivity contribution in [2.75, 3.05) is 13.1 Å². The van der Waals surface area contributed by atoms with Crippen molar-refractivity contribution in [3.05, 3.63) is 101 Å². The molecule has 34 heavy (non-hydrogen) atoms. The van der Waals surface area contributed by atoms with Gasteiger partial charge in [-0.25, -0.2) is 0 Å². The van der Waals surface area contributed by atoms with Crippen LogP contribution in [0.3, 0.4) is 0 Å². The lowest BCUT2D eigenvalue weighted by Gasteiger charge is -2.23. The number of hydrogen-bond acceptors (Lipinski definition) is 3. The van der Waals surface area contributed by atoms with Crippen molar-refractivity contribution in [2.45, 2.75) is 76.5 Å². The normalized spacial score (nSPS) is 25.0. The number of aromatic nitrogens is 1. The van der Waals surface area contributed by atoms with Gasteiger partial charge in [0, 0.05) is 25.2 Å². The van der Waals surface area contributed by atoms with E-state index in [-0.39, 0.29) is 0 Å². The Balaban J connectivity index is 1.37. The molecule has 1 aromatic heterocycles. The summed E-state index contributed by atoms with van der Waals surface area (Å²) in [7, 11) is 0. The molecule has 2 saturated heterocycles. The quantitative estimate of drug-likeness (QED) is 0.262. The number of nitrogens with zero attached hydrogens (tertiary/aromatic N) is 3. The molecule has 2 fully saturated rings. The van der Waals surface area contributed by atoms with Gasteiger partial charge in [-0.2, -0.15) is 0 Å². The number of pyridine rings is 1. The van der Waals surface area contributed by atoms with Crippen molar-refractivity contribution in [3.8, 4) is 0 Å². The van der Waals surface area contributed by atoms with Gasteiger partial charge in [-0.05, 0) is 36.1 Å². The van der Waals surface area contributed by atoms with Gasteiger partial charge in [-0.15, -0.1) is 0 Å². The molecule has 0 radical (unpaired) electrons. The van der Waals surface area contributed by atoms with Gasteiger partial charge in [-0.1, -0.05) is 106 Å². The summed E-state index contributed by atoms with van der Waals surface area (Å²) in [6, 6.07) is 30.7. The minimum Gasteiger partial charge on any atom is -0.285 e. The lowest BCUT2D eigenvalue weighted by atomic mass is 10.0. The molecule has 2 aromatic carbocycles. The molecule has 3 aromatic rings. The zero-order valence-corrected chi connectivity index (χ0v) is 20.8. The molecule has 0 saturated carbocycles.